The molecule has 2 aliphatic rings. The van der Waals surface area contributed by atoms with Crippen molar-refractivity contribution in [3.8, 4) is 0 Å². The SMILES string of the molecule is SNC1CCCC2NNCC12. The number of hydrazine groups is 1. The summed E-state index contributed by atoms with van der Waals surface area (Å²) in [5.74, 6) is 0.737. The van der Waals surface area contributed by atoms with Gasteiger partial charge in [0.1, 0.15) is 0 Å². The standard InChI is InChI=1S/C7H15N3S/c11-10-7-3-1-2-6-5(7)4-8-9-6/h5-11H,1-4H2. The average Bonchev–Trinajstić information content (AvgIpc) is 2.50. The Morgan fingerprint density at radius 2 is 2.27 bits per heavy atom. The third-order valence-electron chi connectivity index (χ3n) is 2.85. The van der Waals surface area contributed by atoms with E-state index in [0.717, 1.165) is 12.5 Å². The Balaban J connectivity index is 2.00. The van der Waals surface area contributed by atoms with E-state index in [4.69, 9.17) is 0 Å². The van der Waals surface area contributed by atoms with E-state index < -0.39 is 0 Å². The predicted octanol–water partition coefficient (Wildman–Crippen LogP) is 0.0659. The number of hydrogen-bond donors (Lipinski definition) is 4. The molecule has 0 aromatic heterocycles. The van der Waals surface area contributed by atoms with Crippen molar-refractivity contribution < 1.29 is 0 Å². The molecule has 2 rings (SSSR count). The van der Waals surface area contributed by atoms with Crippen LogP contribution in [0.2, 0.25) is 0 Å². The Labute approximate surface area is 72.8 Å². The molecular formula is C7H15N3S. The summed E-state index contributed by atoms with van der Waals surface area (Å²) in [6.45, 7) is 1.09. The van der Waals surface area contributed by atoms with Gasteiger partial charge in [0.25, 0.3) is 0 Å². The highest BCUT2D eigenvalue weighted by Gasteiger charge is 2.35. The van der Waals surface area contributed by atoms with Crippen LogP contribution < -0.4 is 15.6 Å². The van der Waals surface area contributed by atoms with Gasteiger partial charge in [0.15, 0.2) is 0 Å². The first-order valence-corrected chi connectivity index (χ1v) is 4.74. The smallest absolute Gasteiger partial charge is 0.0269 e. The zero-order chi connectivity index (χ0) is 7.68. The summed E-state index contributed by atoms with van der Waals surface area (Å²) in [7, 11) is 0. The monoisotopic (exact) mass is 173 g/mol. The van der Waals surface area contributed by atoms with Crippen LogP contribution in [0.5, 0.6) is 0 Å². The van der Waals surface area contributed by atoms with Gasteiger partial charge >= 0.3 is 0 Å². The van der Waals surface area contributed by atoms with Gasteiger partial charge in [-0.2, -0.15) is 0 Å². The molecule has 2 fully saturated rings. The Kier molecular flexibility index (Phi) is 2.36. The van der Waals surface area contributed by atoms with E-state index >= 15 is 0 Å². The summed E-state index contributed by atoms with van der Waals surface area (Å²) in [6.07, 6.45) is 3.89. The number of fused-ring (bicyclic) bond motifs is 1. The minimum atomic E-state index is 0.597. The van der Waals surface area contributed by atoms with Crippen LogP contribution in [0.15, 0.2) is 0 Å². The zero-order valence-electron chi connectivity index (χ0n) is 6.51. The predicted molar refractivity (Wildman–Crippen MR) is 48.2 cm³/mol. The molecule has 0 spiro atoms. The summed E-state index contributed by atoms with van der Waals surface area (Å²) in [5, 5.41) is 0. The summed E-state index contributed by atoms with van der Waals surface area (Å²) in [5.41, 5.74) is 6.50. The van der Waals surface area contributed by atoms with Gasteiger partial charge in [-0.1, -0.05) is 19.2 Å². The molecular weight excluding hydrogens is 158 g/mol. The zero-order valence-corrected chi connectivity index (χ0v) is 7.40. The van der Waals surface area contributed by atoms with Crippen molar-refractivity contribution in [1.29, 1.82) is 0 Å². The van der Waals surface area contributed by atoms with Crippen molar-refractivity contribution in [3.63, 3.8) is 0 Å². The molecule has 0 aromatic rings. The molecule has 1 saturated heterocycles. The highest BCUT2D eigenvalue weighted by molar-refractivity contribution is 7.78. The van der Waals surface area contributed by atoms with E-state index in [1.807, 2.05) is 0 Å². The Hall–Kier alpha value is 0.230. The van der Waals surface area contributed by atoms with Crippen LogP contribution in [0.1, 0.15) is 19.3 Å². The average molecular weight is 173 g/mol. The lowest BCUT2D eigenvalue weighted by molar-refractivity contribution is 0.281. The topological polar surface area (TPSA) is 36.1 Å². The molecule has 0 bridgehead atoms. The molecule has 1 aliphatic carbocycles. The molecule has 1 heterocycles. The van der Waals surface area contributed by atoms with Gasteiger partial charge in [-0.15, -0.1) is 0 Å². The number of hydrogen-bond acceptors (Lipinski definition) is 4. The number of nitrogens with one attached hydrogen (secondary N) is 3. The van der Waals surface area contributed by atoms with Gasteiger partial charge in [0.05, 0.1) is 0 Å². The second kappa shape index (κ2) is 3.31. The van der Waals surface area contributed by atoms with Crippen molar-refractivity contribution in [1.82, 2.24) is 15.6 Å². The molecule has 0 radical (unpaired) electrons. The third kappa shape index (κ3) is 1.40. The summed E-state index contributed by atoms with van der Waals surface area (Å²) >= 11 is 4.14. The molecule has 4 heteroatoms. The molecule has 1 aliphatic heterocycles. The van der Waals surface area contributed by atoms with Gasteiger partial charge in [-0.25, -0.2) is 0 Å². The molecule has 0 aromatic carbocycles. The van der Waals surface area contributed by atoms with Crippen molar-refractivity contribution >= 4 is 12.8 Å². The third-order valence-corrected chi connectivity index (χ3v) is 3.19. The normalized spacial score (nSPS) is 43.9. The van der Waals surface area contributed by atoms with Gasteiger partial charge in [0.2, 0.25) is 0 Å². The molecule has 3 nitrogen and oxygen atoms in total. The fourth-order valence-electron chi connectivity index (χ4n) is 2.20. The van der Waals surface area contributed by atoms with Crippen LogP contribution >= 0.6 is 12.8 Å². The van der Waals surface area contributed by atoms with Gasteiger partial charge in [-0.05, 0) is 12.8 Å². The van der Waals surface area contributed by atoms with Crippen LogP contribution in [-0.4, -0.2) is 18.6 Å². The summed E-state index contributed by atoms with van der Waals surface area (Å²) < 4.78 is 3.09. The van der Waals surface area contributed by atoms with Crippen molar-refractivity contribution in [2.24, 2.45) is 5.92 Å². The molecule has 3 atom stereocenters. The second-order valence-electron chi connectivity index (χ2n) is 3.46. The molecule has 64 valence electrons. The molecule has 3 N–H and O–H groups in total. The van der Waals surface area contributed by atoms with E-state index in [-0.39, 0.29) is 0 Å². The highest BCUT2D eigenvalue weighted by Crippen LogP contribution is 2.26. The van der Waals surface area contributed by atoms with Crippen molar-refractivity contribution in [3.05, 3.63) is 0 Å². The van der Waals surface area contributed by atoms with Gasteiger partial charge < -0.3 is 0 Å². The van der Waals surface area contributed by atoms with Crippen LogP contribution in [-0.2, 0) is 0 Å². The fraction of sp³-hybridized carbons (Fsp3) is 1.00. The van der Waals surface area contributed by atoms with E-state index in [1.165, 1.54) is 19.3 Å². The lowest BCUT2D eigenvalue weighted by Crippen LogP contribution is -2.43. The first-order chi connectivity index (χ1) is 5.42. The van der Waals surface area contributed by atoms with E-state index in [0.29, 0.717) is 12.1 Å². The van der Waals surface area contributed by atoms with Crippen molar-refractivity contribution in [2.45, 2.75) is 31.3 Å². The Morgan fingerprint density at radius 1 is 1.36 bits per heavy atom. The Morgan fingerprint density at radius 3 is 3.09 bits per heavy atom. The lowest BCUT2D eigenvalue weighted by Gasteiger charge is -2.31. The van der Waals surface area contributed by atoms with Crippen LogP contribution in [0.4, 0.5) is 0 Å². The molecule has 1 saturated carbocycles. The van der Waals surface area contributed by atoms with E-state index in [9.17, 15) is 0 Å². The van der Waals surface area contributed by atoms with Crippen LogP contribution in [0, 0.1) is 5.92 Å². The molecule has 0 amide bonds. The first-order valence-electron chi connectivity index (χ1n) is 4.30. The summed E-state index contributed by atoms with van der Waals surface area (Å²) in [4.78, 5) is 0. The Bertz CT molecular complexity index is 142. The highest BCUT2D eigenvalue weighted by atomic mass is 32.1. The minimum absolute atomic E-state index is 0.597. The first kappa shape index (κ1) is 7.86. The maximum atomic E-state index is 4.14. The largest absolute Gasteiger partial charge is 0.263 e. The maximum absolute atomic E-state index is 4.14. The molecule has 11 heavy (non-hydrogen) atoms. The fourth-order valence-corrected chi connectivity index (χ4v) is 2.52. The number of thiol groups is 1. The van der Waals surface area contributed by atoms with Crippen LogP contribution in [0.25, 0.3) is 0 Å². The summed E-state index contributed by atoms with van der Waals surface area (Å²) in [6, 6.07) is 1.27. The lowest BCUT2D eigenvalue weighted by atomic mass is 9.82. The van der Waals surface area contributed by atoms with Crippen LogP contribution in [0.3, 0.4) is 0 Å². The molecule has 3 unspecified atom stereocenters. The number of rotatable bonds is 1. The maximum Gasteiger partial charge on any atom is 0.0269 e. The van der Waals surface area contributed by atoms with Gasteiger partial charge in [0, 0.05) is 24.5 Å². The quantitative estimate of drug-likeness (QED) is 0.424. The van der Waals surface area contributed by atoms with E-state index in [2.05, 4.69) is 28.4 Å². The van der Waals surface area contributed by atoms with Crippen molar-refractivity contribution in [2.75, 3.05) is 6.54 Å². The van der Waals surface area contributed by atoms with Gasteiger partial charge in [-0.3, -0.25) is 15.6 Å². The minimum Gasteiger partial charge on any atom is -0.263 e. The van der Waals surface area contributed by atoms with E-state index in [1.54, 1.807) is 0 Å². The second-order valence-corrected chi connectivity index (χ2v) is 3.72.